The van der Waals surface area contributed by atoms with E-state index < -0.39 is 0 Å². The monoisotopic (exact) mass is 232 g/mol. The molecule has 0 saturated heterocycles. The highest BCUT2D eigenvalue weighted by Crippen LogP contribution is 2.19. The largest absolute Gasteiger partial charge is 0.0622 e. The zero-order valence-corrected chi connectivity index (χ0v) is 10.6. The predicted molar refractivity (Wildman–Crippen MR) is 77.9 cm³/mol. The summed E-state index contributed by atoms with van der Waals surface area (Å²) in [6, 6.07) is 24.0. The summed E-state index contributed by atoms with van der Waals surface area (Å²) in [5, 5.41) is 2.65. The van der Waals surface area contributed by atoms with Gasteiger partial charge in [0.25, 0.3) is 0 Å². The Labute approximate surface area is 108 Å². The topological polar surface area (TPSA) is 0 Å². The molecule has 0 aliphatic carbocycles. The third-order valence-corrected chi connectivity index (χ3v) is 3.31. The molecule has 18 heavy (non-hydrogen) atoms. The molecule has 0 atom stereocenters. The molecule has 0 saturated carbocycles. The van der Waals surface area contributed by atoms with Crippen molar-refractivity contribution >= 4 is 10.8 Å². The molecule has 0 N–H and O–H groups in total. The number of aryl methyl sites for hydroxylation is 1. The summed E-state index contributed by atoms with van der Waals surface area (Å²) in [5.41, 5.74) is 4.06. The highest BCUT2D eigenvalue weighted by molar-refractivity contribution is 5.83. The Hall–Kier alpha value is -2.08. The molecule has 0 radical (unpaired) electrons. The molecule has 88 valence electrons. The lowest BCUT2D eigenvalue weighted by atomic mass is 10.0. The molecule has 0 heteroatoms. The highest BCUT2D eigenvalue weighted by Gasteiger charge is 1.98. The van der Waals surface area contributed by atoms with Gasteiger partial charge >= 0.3 is 0 Å². The molecule has 3 aromatic carbocycles. The number of rotatable bonds is 2. The predicted octanol–water partition coefficient (Wildman–Crippen LogP) is 4.74. The van der Waals surface area contributed by atoms with E-state index in [4.69, 9.17) is 0 Å². The maximum Gasteiger partial charge on any atom is -0.00256 e. The van der Waals surface area contributed by atoms with Crippen LogP contribution in [0.25, 0.3) is 10.8 Å². The van der Waals surface area contributed by atoms with E-state index in [-0.39, 0.29) is 0 Å². The molecule has 0 fully saturated rings. The van der Waals surface area contributed by atoms with Gasteiger partial charge in [-0.2, -0.15) is 0 Å². The highest BCUT2D eigenvalue weighted by atomic mass is 14.0. The van der Waals surface area contributed by atoms with Crippen LogP contribution in [-0.2, 0) is 6.42 Å². The van der Waals surface area contributed by atoms with Gasteiger partial charge in [0.05, 0.1) is 0 Å². The van der Waals surface area contributed by atoms with Crippen LogP contribution >= 0.6 is 0 Å². The minimum atomic E-state index is 1.00. The SMILES string of the molecule is Cc1ccc2cc(Cc3ccccc3)ccc2c1. The Morgan fingerprint density at radius 2 is 1.39 bits per heavy atom. The standard InChI is InChI=1S/C18H16/c1-14-7-9-18-13-16(8-10-17(18)11-14)12-15-5-3-2-4-6-15/h2-11,13H,12H2,1H3. The summed E-state index contributed by atoms with van der Waals surface area (Å²) in [6.07, 6.45) is 1.00. The lowest BCUT2D eigenvalue weighted by molar-refractivity contribution is 1.20. The fraction of sp³-hybridized carbons (Fsp3) is 0.111. The van der Waals surface area contributed by atoms with Crippen LogP contribution in [0.2, 0.25) is 0 Å². The van der Waals surface area contributed by atoms with Crippen molar-refractivity contribution in [2.24, 2.45) is 0 Å². The van der Waals surface area contributed by atoms with Gasteiger partial charge in [0.2, 0.25) is 0 Å². The molecule has 3 rings (SSSR count). The molecule has 0 amide bonds. The van der Waals surface area contributed by atoms with Gasteiger partial charge in [-0.25, -0.2) is 0 Å². The van der Waals surface area contributed by atoms with Crippen molar-refractivity contribution in [2.45, 2.75) is 13.3 Å². The van der Waals surface area contributed by atoms with Crippen LogP contribution < -0.4 is 0 Å². The van der Waals surface area contributed by atoms with E-state index in [9.17, 15) is 0 Å². The number of hydrogen-bond donors (Lipinski definition) is 0. The van der Waals surface area contributed by atoms with Crippen molar-refractivity contribution in [1.82, 2.24) is 0 Å². The second kappa shape index (κ2) is 4.66. The molecule has 0 aliphatic heterocycles. The van der Waals surface area contributed by atoms with Crippen molar-refractivity contribution < 1.29 is 0 Å². The lowest BCUT2D eigenvalue weighted by Crippen LogP contribution is -1.87. The van der Waals surface area contributed by atoms with Gasteiger partial charge in [-0.1, -0.05) is 72.3 Å². The normalized spacial score (nSPS) is 10.7. The van der Waals surface area contributed by atoms with E-state index in [1.165, 1.54) is 27.5 Å². The number of hydrogen-bond acceptors (Lipinski definition) is 0. The first-order chi connectivity index (χ1) is 8.81. The van der Waals surface area contributed by atoms with Crippen LogP contribution in [0, 0.1) is 6.92 Å². The van der Waals surface area contributed by atoms with Crippen LogP contribution in [0.4, 0.5) is 0 Å². The van der Waals surface area contributed by atoms with E-state index in [0.29, 0.717) is 0 Å². The van der Waals surface area contributed by atoms with E-state index in [1.807, 2.05) is 0 Å². The van der Waals surface area contributed by atoms with E-state index in [2.05, 4.69) is 73.7 Å². The van der Waals surface area contributed by atoms with Gasteiger partial charge in [-0.05, 0) is 35.2 Å². The molecule has 0 heterocycles. The molecule has 0 aromatic heterocycles. The second-order valence-corrected chi connectivity index (χ2v) is 4.85. The molecular weight excluding hydrogens is 216 g/mol. The van der Waals surface area contributed by atoms with Crippen LogP contribution in [0.15, 0.2) is 66.7 Å². The Morgan fingerprint density at radius 3 is 2.22 bits per heavy atom. The van der Waals surface area contributed by atoms with Crippen molar-refractivity contribution in [3.8, 4) is 0 Å². The lowest BCUT2D eigenvalue weighted by Gasteiger charge is -2.05. The molecule has 0 aliphatic rings. The third kappa shape index (κ3) is 2.28. The Bertz CT molecular complexity index is 666. The third-order valence-electron chi connectivity index (χ3n) is 3.31. The van der Waals surface area contributed by atoms with Crippen molar-refractivity contribution in [3.05, 3.63) is 83.4 Å². The summed E-state index contributed by atoms with van der Waals surface area (Å²) in [4.78, 5) is 0. The molecule has 0 nitrogen and oxygen atoms in total. The number of benzene rings is 3. The summed E-state index contributed by atoms with van der Waals surface area (Å²) >= 11 is 0. The van der Waals surface area contributed by atoms with Crippen LogP contribution in [0.3, 0.4) is 0 Å². The van der Waals surface area contributed by atoms with Crippen LogP contribution in [0.5, 0.6) is 0 Å². The average Bonchev–Trinajstić information content (AvgIpc) is 2.40. The average molecular weight is 232 g/mol. The minimum absolute atomic E-state index is 1.00. The van der Waals surface area contributed by atoms with E-state index in [1.54, 1.807) is 0 Å². The maximum atomic E-state index is 2.29. The van der Waals surface area contributed by atoms with Crippen molar-refractivity contribution in [1.29, 1.82) is 0 Å². The Kier molecular flexibility index (Phi) is 2.85. The molecule has 3 aromatic rings. The van der Waals surface area contributed by atoms with Gasteiger partial charge in [0.15, 0.2) is 0 Å². The van der Waals surface area contributed by atoms with Gasteiger partial charge in [-0.3, -0.25) is 0 Å². The maximum absolute atomic E-state index is 2.29. The molecule has 0 spiro atoms. The van der Waals surface area contributed by atoms with Gasteiger partial charge in [-0.15, -0.1) is 0 Å². The number of fused-ring (bicyclic) bond motifs is 1. The first-order valence-corrected chi connectivity index (χ1v) is 6.34. The quantitative estimate of drug-likeness (QED) is 0.598. The Morgan fingerprint density at radius 1 is 0.667 bits per heavy atom. The van der Waals surface area contributed by atoms with Gasteiger partial charge < -0.3 is 0 Å². The van der Waals surface area contributed by atoms with Crippen molar-refractivity contribution in [3.63, 3.8) is 0 Å². The molecule has 0 bridgehead atoms. The first kappa shape index (κ1) is 11.0. The summed E-state index contributed by atoms with van der Waals surface area (Å²) in [5.74, 6) is 0. The fourth-order valence-corrected chi connectivity index (χ4v) is 2.36. The zero-order valence-electron chi connectivity index (χ0n) is 10.6. The Balaban J connectivity index is 1.96. The summed E-state index contributed by atoms with van der Waals surface area (Å²) < 4.78 is 0. The molecular formula is C18H16. The van der Waals surface area contributed by atoms with E-state index >= 15 is 0 Å². The van der Waals surface area contributed by atoms with Gasteiger partial charge in [0.1, 0.15) is 0 Å². The van der Waals surface area contributed by atoms with Crippen molar-refractivity contribution in [2.75, 3.05) is 0 Å². The smallest absolute Gasteiger partial charge is 0.00256 e. The molecule has 0 unspecified atom stereocenters. The van der Waals surface area contributed by atoms with Gasteiger partial charge in [0, 0.05) is 0 Å². The van der Waals surface area contributed by atoms with E-state index in [0.717, 1.165) is 6.42 Å². The minimum Gasteiger partial charge on any atom is -0.0622 e. The summed E-state index contributed by atoms with van der Waals surface area (Å²) in [7, 11) is 0. The fourth-order valence-electron chi connectivity index (χ4n) is 2.36. The zero-order chi connectivity index (χ0) is 12.4. The first-order valence-electron chi connectivity index (χ1n) is 6.34. The van der Waals surface area contributed by atoms with Crippen LogP contribution in [-0.4, -0.2) is 0 Å². The van der Waals surface area contributed by atoms with Crippen LogP contribution in [0.1, 0.15) is 16.7 Å². The second-order valence-electron chi connectivity index (χ2n) is 4.85. The summed E-state index contributed by atoms with van der Waals surface area (Å²) in [6.45, 7) is 2.14.